The minimum atomic E-state index is -5.20. The number of carbonyl (C=O) groups is 12. The summed E-state index contributed by atoms with van der Waals surface area (Å²) in [6, 6.07) is -11.0. The molecule has 0 radical (unpaired) electrons. The molecule has 4 saturated carbocycles. The van der Waals surface area contributed by atoms with Gasteiger partial charge in [0.25, 0.3) is 0 Å². The number of amides is 12. The van der Waals surface area contributed by atoms with Crippen molar-refractivity contribution in [2.24, 2.45) is 41.4 Å². The third-order valence-electron chi connectivity index (χ3n) is 25.2. The number of rotatable bonds is 12. The van der Waals surface area contributed by atoms with Crippen LogP contribution in [0.1, 0.15) is 201 Å². The number of hydrogen-bond acceptors (Lipinski definition) is 13. The van der Waals surface area contributed by atoms with Gasteiger partial charge in [0, 0.05) is 68.5 Å². The van der Waals surface area contributed by atoms with Crippen molar-refractivity contribution in [1.29, 1.82) is 0 Å². The van der Waals surface area contributed by atoms with Crippen molar-refractivity contribution >= 4 is 70.9 Å². The Kier molecular flexibility index (Phi) is 31.2. The zero-order chi connectivity index (χ0) is 81.0. The highest BCUT2D eigenvalue weighted by atomic mass is 19.4. The SMILES string of the molecule is CCC(CC)[C@@H]1NC(=O)[C@H](CC(C)C)N(C)C(=O)C[C@@H](C(=O)N2CCOCC2)N(C)C(=O)[C@H](C2CCCC2)N(C)C(=O)C2(CCCC2)NC(=O)[C@@H]2CCCN2C(=O)[C@H](CCC2CC(F)C(C(F)(F)F)C(F)C2)NC(=O)CN(C)C(=O)[C@H](CC2CCC(C(F)(F)F)CC2)N2CCCCC[C@@H](C2=O)N(C)C(=O)CN(C)C1=O. The van der Waals surface area contributed by atoms with Crippen molar-refractivity contribution in [3.8, 4) is 0 Å². The van der Waals surface area contributed by atoms with Crippen LogP contribution < -0.4 is 16.0 Å². The quantitative estimate of drug-likeness (QED) is 0.165. The minimum absolute atomic E-state index is 0.0176. The average molecular weight is 1570 g/mol. The molecule has 4 aliphatic carbocycles. The van der Waals surface area contributed by atoms with E-state index in [-0.39, 0.29) is 122 Å². The number of hydrogen-bond donors (Lipinski definition) is 3. The fourth-order valence-electron chi connectivity index (χ4n) is 18.6. The van der Waals surface area contributed by atoms with E-state index in [2.05, 4.69) is 16.0 Å². The summed E-state index contributed by atoms with van der Waals surface area (Å²) in [5.41, 5.74) is -1.67. The van der Waals surface area contributed by atoms with Crippen LogP contribution >= 0.6 is 0 Å². The van der Waals surface area contributed by atoms with Crippen LogP contribution in [0.15, 0.2) is 0 Å². The molecule has 8 aliphatic rings. The van der Waals surface area contributed by atoms with E-state index in [4.69, 9.17) is 4.74 Å². The van der Waals surface area contributed by atoms with Gasteiger partial charge in [0.05, 0.1) is 38.6 Å². The number of morpholine rings is 1. The highest BCUT2D eigenvalue weighted by Gasteiger charge is 2.56. The minimum Gasteiger partial charge on any atom is -0.378 e. The van der Waals surface area contributed by atoms with Gasteiger partial charge in [-0.15, -0.1) is 0 Å². The molecular formula is C77H120F8N12O13. The third-order valence-corrected chi connectivity index (χ3v) is 25.2. The summed E-state index contributed by atoms with van der Waals surface area (Å²) in [6.07, 6.45) is -12.7. The first kappa shape index (κ1) is 88.6. The van der Waals surface area contributed by atoms with Gasteiger partial charge in [0.15, 0.2) is 0 Å². The summed E-state index contributed by atoms with van der Waals surface area (Å²) in [7, 11) is 8.21. The van der Waals surface area contributed by atoms with E-state index in [0.717, 1.165) is 9.80 Å². The lowest BCUT2D eigenvalue weighted by Crippen LogP contribution is -2.65. The Labute approximate surface area is 641 Å². The molecule has 0 aromatic carbocycles. The van der Waals surface area contributed by atoms with E-state index in [1.54, 1.807) is 0 Å². The van der Waals surface area contributed by atoms with Gasteiger partial charge in [-0.2, -0.15) is 26.3 Å². The number of nitrogens with zero attached hydrogens (tertiary/aromatic N) is 9. The smallest absolute Gasteiger partial charge is 0.378 e. The molecule has 8 rings (SSSR count). The van der Waals surface area contributed by atoms with Gasteiger partial charge in [-0.1, -0.05) is 79.1 Å². The van der Waals surface area contributed by atoms with Crippen LogP contribution in [0.5, 0.6) is 0 Å². The number of alkyl halides is 8. The van der Waals surface area contributed by atoms with E-state index < -0.39 is 224 Å². The number of halogens is 8. The maximum absolute atomic E-state index is 15.8. The first-order chi connectivity index (χ1) is 51.8. The van der Waals surface area contributed by atoms with E-state index in [0.29, 0.717) is 70.6 Å². The van der Waals surface area contributed by atoms with Gasteiger partial charge in [0.1, 0.15) is 72.1 Å². The normalized spacial score (nSPS) is 31.5. The van der Waals surface area contributed by atoms with Gasteiger partial charge >= 0.3 is 12.4 Å². The molecule has 4 saturated heterocycles. The Morgan fingerprint density at radius 3 is 1.74 bits per heavy atom. The van der Waals surface area contributed by atoms with Crippen LogP contribution in [-0.4, -0.2) is 288 Å². The molecule has 2 unspecified atom stereocenters. The van der Waals surface area contributed by atoms with E-state index in [9.17, 15) is 35.9 Å². The van der Waals surface area contributed by atoms with Crippen LogP contribution in [0, 0.1) is 41.4 Å². The molecule has 4 aliphatic heterocycles. The predicted octanol–water partition coefficient (Wildman–Crippen LogP) is 7.11. The van der Waals surface area contributed by atoms with Gasteiger partial charge in [-0.05, 0) is 145 Å². The van der Waals surface area contributed by atoms with Crippen molar-refractivity contribution in [3.05, 3.63) is 0 Å². The van der Waals surface area contributed by atoms with Crippen LogP contribution in [0.3, 0.4) is 0 Å². The molecule has 33 heteroatoms. The van der Waals surface area contributed by atoms with Crippen LogP contribution in [0.2, 0.25) is 0 Å². The van der Waals surface area contributed by atoms with E-state index >= 15 is 56.7 Å². The van der Waals surface area contributed by atoms with Crippen molar-refractivity contribution in [1.82, 2.24) is 60.0 Å². The number of ether oxygens (including phenoxy) is 1. The second-order valence-corrected chi connectivity index (χ2v) is 33.1. The third kappa shape index (κ3) is 21.5. The predicted molar refractivity (Wildman–Crippen MR) is 388 cm³/mol. The number of fused-ring (bicyclic) bond motifs is 3. The van der Waals surface area contributed by atoms with Gasteiger partial charge in [-0.25, -0.2) is 8.78 Å². The number of carbonyl (C=O) groups excluding carboxylic acids is 12. The second kappa shape index (κ2) is 38.7. The Bertz CT molecular complexity index is 3220. The lowest BCUT2D eigenvalue weighted by atomic mass is 9.76. The van der Waals surface area contributed by atoms with Gasteiger partial charge in [0.2, 0.25) is 70.9 Å². The van der Waals surface area contributed by atoms with Crippen molar-refractivity contribution in [3.63, 3.8) is 0 Å². The summed E-state index contributed by atoms with van der Waals surface area (Å²) in [4.78, 5) is 194. The van der Waals surface area contributed by atoms with E-state index in [1.807, 2.05) is 27.7 Å². The van der Waals surface area contributed by atoms with Crippen molar-refractivity contribution in [2.45, 2.75) is 280 Å². The fourth-order valence-corrected chi connectivity index (χ4v) is 18.6. The molecule has 0 aromatic heterocycles. The summed E-state index contributed by atoms with van der Waals surface area (Å²) in [6.45, 7) is 6.23. The Morgan fingerprint density at radius 1 is 0.555 bits per heavy atom. The highest BCUT2D eigenvalue weighted by molar-refractivity contribution is 6.01. The molecule has 110 heavy (non-hydrogen) atoms. The molecule has 12 amide bonds. The maximum atomic E-state index is 15.8. The first-order valence-corrected chi connectivity index (χ1v) is 40.2. The molecule has 8 fully saturated rings. The van der Waals surface area contributed by atoms with Crippen LogP contribution in [-0.2, 0) is 62.3 Å². The summed E-state index contributed by atoms with van der Waals surface area (Å²) in [5, 5.41) is 8.59. The van der Waals surface area contributed by atoms with Gasteiger partial charge < -0.3 is 64.8 Å². The summed E-state index contributed by atoms with van der Waals surface area (Å²) in [5.74, 6) is -16.3. The first-order valence-electron chi connectivity index (χ1n) is 40.2. The fraction of sp³-hybridized carbons (Fsp3) is 0.844. The molecule has 2 bridgehead atoms. The molecular weight excluding hydrogens is 1450 g/mol. The monoisotopic (exact) mass is 1570 g/mol. The van der Waals surface area contributed by atoms with E-state index in [1.165, 1.54) is 76.6 Å². The Morgan fingerprint density at radius 2 is 1.15 bits per heavy atom. The van der Waals surface area contributed by atoms with Crippen LogP contribution in [0.25, 0.3) is 0 Å². The second-order valence-electron chi connectivity index (χ2n) is 33.1. The van der Waals surface area contributed by atoms with Crippen molar-refractivity contribution in [2.75, 3.05) is 94.8 Å². The number of nitrogens with one attached hydrogen (secondary N) is 3. The zero-order valence-corrected chi connectivity index (χ0v) is 65.9. The Hall–Kier alpha value is -6.96. The number of likely N-dealkylation sites (N-methyl/N-ethyl adjacent to an activating group) is 6. The molecule has 3 N–H and O–H groups in total. The zero-order valence-electron chi connectivity index (χ0n) is 65.9. The molecule has 622 valence electrons. The van der Waals surface area contributed by atoms with Crippen molar-refractivity contribution < 1.29 is 97.4 Å². The highest BCUT2D eigenvalue weighted by Crippen LogP contribution is 2.46. The summed E-state index contributed by atoms with van der Waals surface area (Å²) < 4.78 is 121. The van der Waals surface area contributed by atoms with Gasteiger partial charge in [-0.3, -0.25) is 57.5 Å². The largest absolute Gasteiger partial charge is 0.397 e. The summed E-state index contributed by atoms with van der Waals surface area (Å²) >= 11 is 0. The topological polar surface area (TPSA) is 279 Å². The molecule has 10 atom stereocenters. The molecule has 0 aromatic rings. The lowest BCUT2D eigenvalue weighted by Gasteiger charge is -2.42. The maximum Gasteiger partial charge on any atom is 0.397 e. The molecule has 1 spiro atoms. The standard InChI is InChI=1S/C77H120F8N12O13/c1-11-49(12-2)64-72(107)90(6)45-62(100)91(7)56-23-14-13-19-33-97(71(56)106)59(42-47-25-28-51(29-26-47)76(80,81)82)69(104)89(5)44-60(98)86-54(30-27-48-40-52(78)63(53(79)41-48)77(83,84)85)68(103)96-34-20-24-55(96)67(102)88-75(31-17-18-32-75)74(109)94(10)65(50-21-15-16-22-50)73(108)93(9)58(70(105)95-35-37-110-38-36-95)43-61(99)92(8)57(39-46(3)4)66(101)87-64/h46-59,63-65H,11-45H2,1-10H3,(H,86,98)(H,87,101)(H,88,102)/t47?,48?,51?,52?,53?,54-,55-,56-,57-,58-,59-,63?,64-,65-/m0/s1. The van der Waals surface area contributed by atoms with Crippen LogP contribution in [0.4, 0.5) is 35.1 Å². The average Bonchev–Trinajstić information content (AvgIpc) is 1.51. The molecule has 4 heterocycles. The molecule has 25 nitrogen and oxygen atoms in total. The lowest BCUT2D eigenvalue weighted by molar-refractivity contribution is -0.219. The Balaban J connectivity index is 1.20.